The molecule has 0 aliphatic carbocycles. The van der Waals surface area contributed by atoms with E-state index >= 15 is 0 Å². The van der Waals surface area contributed by atoms with E-state index in [0.717, 1.165) is 0 Å². The third-order valence-electron chi connectivity index (χ3n) is 2.54. The van der Waals surface area contributed by atoms with Gasteiger partial charge in [0.05, 0.1) is 30.9 Å². The second-order valence-electron chi connectivity index (χ2n) is 3.54. The summed E-state index contributed by atoms with van der Waals surface area (Å²) in [6.07, 6.45) is 1.51. The number of fused-ring (bicyclic) bond motifs is 1. The zero-order chi connectivity index (χ0) is 13.3. The van der Waals surface area contributed by atoms with E-state index in [1.807, 2.05) is 0 Å². The number of rotatable bonds is 2. The van der Waals surface area contributed by atoms with Crippen molar-refractivity contribution < 1.29 is 19.1 Å². The summed E-state index contributed by atoms with van der Waals surface area (Å²) in [4.78, 5) is 22.9. The highest BCUT2D eigenvalue weighted by molar-refractivity contribution is 6.30. The Balaban J connectivity index is 2.62. The van der Waals surface area contributed by atoms with E-state index in [4.69, 9.17) is 11.6 Å². The van der Waals surface area contributed by atoms with Crippen molar-refractivity contribution in [2.45, 2.75) is 0 Å². The molecule has 0 fully saturated rings. The van der Waals surface area contributed by atoms with Gasteiger partial charge in [0.2, 0.25) is 0 Å². The fourth-order valence-electron chi connectivity index (χ4n) is 1.67. The molecule has 0 aliphatic rings. The highest BCUT2D eigenvalue weighted by Crippen LogP contribution is 2.22. The first-order chi connectivity index (χ1) is 8.58. The Labute approximate surface area is 108 Å². The maximum atomic E-state index is 11.5. The molecule has 0 radical (unpaired) electrons. The van der Waals surface area contributed by atoms with E-state index < -0.39 is 11.9 Å². The molecule has 0 amide bonds. The Kier molecular flexibility index (Phi) is 3.25. The summed E-state index contributed by atoms with van der Waals surface area (Å²) >= 11 is 6.00. The van der Waals surface area contributed by atoms with Crippen LogP contribution < -0.4 is 0 Å². The number of esters is 2. The second kappa shape index (κ2) is 4.70. The molecule has 2 aromatic rings. The summed E-state index contributed by atoms with van der Waals surface area (Å²) in [6, 6.07) is 4.66. The van der Waals surface area contributed by atoms with Gasteiger partial charge in [0.25, 0.3) is 0 Å². The predicted molar refractivity (Wildman–Crippen MR) is 65.1 cm³/mol. The molecular weight excluding hydrogens is 258 g/mol. The molecule has 0 aliphatic heterocycles. The molecule has 0 saturated carbocycles. The lowest BCUT2D eigenvalue weighted by atomic mass is 10.2. The second-order valence-corrected chi connectivity index (χ2v) is 3.92. The number of methoxy groups -OCH3 is 2. The van der Waals surface area contributed by atoms with E-state index in [0.29, 0.717) is 21.8 Å². The van der Waals surface area contributed by atoms with Crippen molar-refractivity contribution in [3.05, 3.63) is 40.7 Å². The van der Waals surface area contributed by atoms with Crippen molar-refractivity contribution in [2.24, 2.45) is 0 Å². The van der Waals surface area contributed by atoms with Crippen LogP contribution in [-0.2, 0) is 9.47 Å². The summed E-state index contributed by atoms with van der Waals surface area (Å²) in [5.41, 5.74) is 1.26. The molecular formula is C12H10ClNO4. The van der Waals surface area contributed by atoms with Crippen LogP contribution in [0.15, 0.2) is 24.4 Å². The summed E-state index contributed by atoms with van der Waals surface area (Å²) in [6.45, 7) is 0. The van der Waals surface area contributed by atoms with Gasteiger partial charge in [-0.3, -0.25) is 0 Å². The van der Waals surface area contributed by atoms with Crippen molar-refractivity contribution >= 4 is 29.1 Å². The van der Waals surface area contributed by atoms with Crippen LogP contribution in [0.5, 0.6) is 0 Å². The van der Waals surface area contributed by atoms with Gasteiger partial charge in [0.15, 0.2) is 0 Å². The molecule has 5 nitrogen and oxygen atoms in total. The van der Waals surface area contributed by atoms with Gasteiger partial charge in [-0.15, -0.1) is 0 Å². The Morgan fingerprint density at radius 1 is 1.17 bits per heavy atom. The number of aromatic nitrogens is 1. The average molecular weight is 268 g/mol. The van der Waals surface area contributed by atoms with Gasteiger partial charge in [-0.1, -0.05) is 11.6 Å². The van der Waals surface area contributed by atoms with E-state index in [-0.39, 0.29) is 0 Å². The molecule has 0 atom stereocenters. The number of ether oxygens (including phenoxy) is 2. The van der Waals surface area contributed by atoms with Gasteiger partial charge >= 0.3 is 11.9 Å². The van der Waals surface area contributed by atoms with Crippen molar-refractivity contribution in [3.63, 3.8) is 0 Å². The van der Waals surface area contributed by atoms with Crippen LogP contribution >= 0.6 is 11.6 Å². The number of carbonyl (C=O) groups is 2. The summed E-state index contributed by atoms with van der Waals surface area (Å²) in [7, 11) is 2.59. The van der Waals surface area contributed by atoms with E-state index in [2.05, 4.69) is 9.47 Å². The largest absolute Gasteiger partial charge is 0.465 e. The molecule has 0 aromatic carbocycles. The Hall–Kier alpha value is -2.01. The van der Waals surface area contributed by atoms with E-state index in [1.165, 1.54) is 30.9 Å². The fraction of sp³-hybridized carbons (Fsp3) is 0.167. The predicted octanol–water partition coefficient (Wildman–Crippen LogP) is 2.17. The van der Waals surface area contributed by atoms with Gasteiger partial charge in [-0.25, -0.2) is 9.59 Å². The van der Waals surface area contributed by atoms with Crippen LogP contribution in [-0.4, -0.2) is 30.6 Å². The topological polar surface area (TPSA) is 57.0 Å². The van der Waals surface area contributed by atoms with E-state index in [1.54, 1.807) is 12.1 Å². The first kappa shape index (κ1) is 12.4. The first-order valence-corrected chi connectivity index (χ1v) is 5.43. The van der Waals surface area contributed by atoms with Gasteiger partial charge in [-0.2, -0.15) is 0 Å². The zero-order valence-corrected chi connectivity index (χ0v) is 10.5. The molecule has 2 aromatic heterocycles. The lowest BCUT2D eigenvalue weighted by molar-refractivity contribution is 0.0593. The van der Waals surface area contributed by atoms with Gasteiger partial charge in [-0.05, 0) is 18.2 Å². The molecule has 0 unspecified atom stereocenters. The number of hydrogen-bond acceptors (Lipinski definition) is 4. The van der Waals surface area contributed by atoms with Gasteiger partial charge in [0, 0.05) is 6.20 Å². The monoisotopic (exact) mass is 267 g/mol. The maximum absolute atomic E-state index is 11.5. The normalized spacial score (nSPS) is 10.4. The quantitative estimate of drug-likeness (QED) is 0.783. The Morgan fingerprint density at radius 3 is 2.44 bits per heavy atom. The van der Waals surface area contributed by atoms with Crippen LogP contribution in [0.1, 0.15) is 20.7 Å². The number of nitrogens with zero attached hydrogens (tertiary/aromatic N) is 1. The first-order valence-electron chi connectivity index (χ1n) is 5.05. The molecule has 0 N–H and O–H groups in total. The average Bonchev–Trinajstić information content (AvgIpc) is 2.74. The fourth-order valence-corrected chi connectivity index (χ4v) is 1.92. The van der Waals surface area contributed by atoms with Crippen molar-refractivity contribution in [2.75, 3.05) is 14.2 Å². The Morgan fingerprint density at radius 2 is 1.83 bits per heavy atom. The lowest BCUT2D eigenvalue weighted by Crippen LogP contribution is -2.04. The molecule has 2 rings (SSSR count). The summed E-state index contributed by atoms with van der Waals surface area (Å²) < 4.78 is 10.8. The summed E-state index contributed by atoms with van der Waals surface area (Å²) in [5.74, 6) is -0.952. The molecule has 0 bridgehead atoms. The lowest BCUT2D eigenvalue weighted by Gasteiger charge is -2.02. The van der Waals surface area contributed by atoms with Crippen molar-refractivity contribution in [3.8, 4) is 0 Å². The van der Waals surface area contributed by atoms with Crippen LogP contribution in [0.25, 0.3) is 5.52 Å². The van der Waals surface area contributed by atoms with E-state index in [9.17, 15) is 9.59 Å². The summed E-state index contributed by atoms with van der Waals surface area (Å²) in [5, 5.41) is 0.316. The molecule has 6 heteroatoms. The molecule has 18 heavy (non-hydrogen) atoms. The Bertz CT molecular complexity index is 632. The van der Waals surface area contributed by atoms with Crippen LogP contribution in [0, 0.1) is 0 Å². The van der Waals surface area contributed by atoms with Gasteiger partial charge < -0.3 is 13.9 Å². The van der Waals surface area contributed by atoms with Crippen molar-refractivity contribution in [1.29, 1.82) is 0 Å². The molecule has 0 spiro atoms. The van der Waals surface area contributed by atoms with Crippen LogP contribution in [0.4, 0.5) is 0 Å². The number of hydrogen-bond donors (Lipinski definition) is 0. The molecule has 94 valence electrons. The smallest absolute Gasteiger partial charge is 0.340 e. The van der Waals surface area contributed by atoms with Crippen LogP contribution in [0.2, 0.25) is 5.15 Å². The van der Waals surface area contributed by atoms with Crippen LogP contribution in [0.3, 0.4) is 0 Å². The molecule has 2 heterocycles. The van der Waals surface area contributed by atoms with Crippen molar-refractivity contribution in [1.82, 2.24) is 4.40 Å². The van der Waals surface area contributed by atoms with Gasteiger partial charge in [0.1, 0.15) is 5.15 Å². The minimum atomic E-state index is -0.481. The zero-order valence-electron chi connectivity index (χ0n) is 9.77. The standard InChI is InChI=1S/C12H10ClNO4/c1-17-11(15)7-3-4-9-8(12(16)18-2)5-10(13)14(9)6-7/h3-6H,1-2H3. The molecule has 0 saturated heterocycles. The number of halogens is 1. The third-order valence-corrected chi connectivity index (χ3v) is 2.84. The minimum absolute atomic E-state index is 0.316. The third kappa shape index (κ3) is 1.93. The highest BCUT2D eigenvalue weighted by Gasteiger charge is 2.16. The minimum Gasteiger partial charge on any atom is -0.465 e. The SMILES string of the molecule is COC(=O)c1ccc2c(C(=O)OC)cc(Cl)n2c1. The maximum Gasteiger partial charge on any atom is 0.340 e. The number of pyridine rings is 1. The highest BCUT2D eigenvalue weighted by atomic mass is 35.5. The number of carbonyl (C=O) groups excluding carboxylic acids is 2.